The number of carbonyl (C=O) groups is 1. The van der Waals surface area contributed by atoms with E-state index in [1.807, 2.05) is 24.7 Å². The molecule has 158 valence electrons. The van der Waals surface area contributed by atoms with Crippen molar-refractivity contribution in [3.05, 3.63) is 59.4 Å². The molecule has 0 spiro atoms. The number of carbonyl (C=O) groups excluding carboxylic acids is 1. The molecule has 0 bridgehead atoms. The zero-order valence-corrected chi connectivity index (χ0v) is 17.3. The van der Waals surface area contributed by atoms with Crippen LogP contribution in [0.2, 0.25) is 0 Å². The molecule has 6 rings (SSSR count). The molecule has 0 aromatic carbocycles. The Hall–Kier alpha value is -3.29. The average Bonchev–Trinajstić information content (AvgIpc) is 3.16. The summed E-state index contributed by atoms with van der Waals surface area (Å²) in [6.07, 6.45) is 12.5. The van der Waals surface area contributed by atoms with Gasteiger partial charge in [-0.2, -0.15) is 5.10 Å². The van der Waals surface area contributed by atoms with Crippen LogP contribution in [0.15, 0.2) is 37.1 Å². The number of nitrogen functional groups attached to an aromatic ring is 1. The lowest BCUT2D eigenvalue weighted by Crippen LogP contribution is -2.23. The Kier molecular flexibility index (Phi) is 4.26. The lowest BCUT2D eigenvalue weighted by molar-refractivity contribution is 0.0973. The number of Topliss-reactive ketones (excluding diaryl/α,β-unsaturated/α-hetero) is 1. The van der Waals surface area contributed by atoms with Crippen molar-refractivity contribution in [1.29, 1.82) is 0 Å². The van der Waals surface area contributed by atoms with Crippen molar-refractivity contribution >= 4 is 17.4 Å². The fraction of sp³-hybridized carbons (Fsp3) is 0.435. The van der Waals surface area contributed by atoms with E-state index in [1.165, 1.54) is 12.0 Å². The van der Waals surface area contributed by atoms with Crippen LogP contribution < -0.4 is 10.6 Å². The fourth-order valence-corrected chi connectivity index (χ4v) is 5.15. The summed E-state index contributed by atoms with van der Waals surface area (Å²) in [5, 5.41) is 4.37. The molecule has 8 heteroatoms. The summed E-state index contributed by atoms with van der Waals surface area (Å²) >= 11 is 0. The van der Waals surface area contributed by atoms with E-state index in [9.17, 15) is 4.79 Å². The third-order valence-electron chi connectivity index (χ3n) is 7.01. The van der Waals surface area contributed by atoms with Gasteiger partial charge in [-0.15, -0.1) is 0 Å². The number of hydrogen-bond acceptors (Lipinski definition) is 7. The zero-order chi connectivity index (χ0) is 20.9. The molecule has 0 amide bonds. The van der Waals surface area contributed by atoms with Crippen molar-refractivity contribution < 1.29 is 4.79 Å². The van der Waals surface area contributed by atoms with E-state index in [1.54, 1.807) is 17.1 Å². The summed E-state index contributed by atoms with van der Waals surface area (Å²) in [6.45, 7) is 2.72. The van der Waals surface area contributed by atoms with Crippen LogP contribution in [0.3, 0.4) is 0 Å². The quantitative estimate of drug-likeness (QED) is 0.617. The van der Waals surface area contributed by atoms with Crippen LogP contribution in [0.25, 0.3) is 0 Å². The number of fused-ring (bicyclic) bond motifs is 2. The molecule has 3 aliphatic rings. The number of nitrogens with zero attached hydrogens (tertiary/aromatic N) is 6. The predicted octanol–water partition coefficient (Wildman–Crippen LogP) is 2.46. The summed E-state index contributed by atoms with van der Waals surface area (Å²) in [5.74, 6) is 3.59. The molecular weight excluding hydrogens is 390 g/mol. The third kappa shape index (κ3) is 3.45. The molecule has 3 aromatic rings. The van der Waals surface area contributed by atoms with Gasteiger partial charge in [-0.1, -0.05) is 0 Å². The van der Waals surface area contributed by atoms with Gasteiger partial charge in [-0.3, -0.25) is 14.5 Å². The smallest absolute Gasteiger partial charge is 0.166 e. The number of nitrogens with two attached hydrogens (primary N) is 1. The molecule has 1 saturated heterocycles. The van der Waals surface area contributed by atoms with Gasteiger partial charge in [0.25, 0.3) is 0 Å². The first-order chi connectivity index (χ1) is 15.1. The number of anilines is 2. The molecule has 8 nitrogen and oxygen atoms in total. The molecule has 0 radical (unpaired) electrons. The number of ketones is 1. The second-order valence-electron chi connectivity index (χ2n) is 9.08. The van der Waals surface area contributed by atoms with Gasteiger partial charge in [0.1, 0.15) is 11.6 Å². The van der Waals surface area contributed by atoms with Gasteiger partial charge in [0.15, 0.2) is 5.78 Å². The minimum atomic E-state index is 0.105. The van der Waals surface area contributed by atoms with Crippen molar-refractivity contribution in [2.24, 2.45) is 11.8 Å². The van der Waals surface area contributed by atoms with Crippen LogP contribution >= 0.6 is 0 Å². The highest BCUT2D eigenvalue weighted by molar-refractivity contribution is 5.96. The highest BCUT2D eigenvalue weighted by Gasteiger charge is 2.45. The lowest BCUT2D eigenvalue weighted by atomic mass is 9.94. The van der Waals surface area contributed by atoms with Crippen molar-refractivity contribution in [3.8, 4) is 0 Å². The van der Waals surface area contributed by atoms with Crippen LogP contribution in [0.4, 0.5) is 11.6 Å². The monoisotopic (exact) mass is 415 g/mol. The Bertz CT molecular complexity index is 1130. The fourth-order valence-electron chi connectivity index (χ4n) is 5.15. The SMILES string of the molecule is Nc1nccc2c1CC[C@H]2CC(=O)c1cnn(Cc2cnc(N3CC4CC4C3)cn2)c1. The molecule has 3 atom stereocenters. The topological polar surface area (TPSA) is 103 Å². The zero-order valence-electron chi connectivity index (χ0n) is 17.3. The Morgan fingerprint density at radius 2 is 2.00 bits per heavy atom. The molecule has 2 N–H and O–H groups in total. The van der Waals surface area contributed by atoms with Crippen molar-refractivity contribution in [2.45, 2.75) is 38.1 Å². The van der Waals surface area contributed by atoms with Gasteiger partial charge in [0.05, 0.1) is 36.4 Å². The summed E-state index contributed by atoms with van der Waals surface area (Å²) in [6, 6.07) is 1.99. The lowest BCUT2D eigenvalue weighted by Gasteiger charge is -2.18. The number of aromatic nitrogens is 5. The maximum atomic E-state index is 12.8. The van der Waals surface area contributed by atoms with Gasteiger partial charge in [0.2, 0.25) is 0 Å². The highest BCUT2D eigenvalue weighted by atomic mass is 16.1. The molecule has 2 unspecified atom stereocenters. The van der Waals surface area contributed by atoms with Crippen LogP contribution in [-0.2, 0) is 13.0 Å². The molecule has 1 aliphatic heterocycles. The van der Waals surface area contributed by atoms with Gasteiger partial charge in [-0.25, -0.2) is 9.97 Å². The third-order valence-corrected chi connectivity index (χ3v) is 7.01. The van der Waals surface area contributed by atoms with Gasteiger partial charge >= 0.3 is 0 Å². The molecule has 4 heterocycles. The van der Waals surface area contributed by atoms with E-state index >= 15 is 0 Å². The van der Waals surface area contributed by atoms with Crippen LogP contribution in [-0.4, -0.2) is 43.6 Å². The van der Waals surface area contributed by atoms with Gasteiger partial charge < -0.3 is 10.6 Å². The van der Waals surface area contributed by atoms with E-state index in [0.29, 0.717) is 24.3 Å². The van der Waals surface area contributed by atoms with Gasteiger partial charge in [-0.05, 0) is 54.2 Å². The Morgan fingerprint density at radius 1 is 1.13 bits per heavy atom. The summed E-state index contributed by atoms with van der Waals surface area (Å²) < 4.78 is 1.76. The second-order valence-corrected chi connectivity index (χ2v) is 9.08. The molecule has 3 aromatic heterocycles. The van der Waals surface area contributed by atoms with Crippen molar-refractivity contribution in [2.75, 3.05) is 23.7 Å². The molecular formula is C23H25N7O. The first-order valence-corrected chi connectivity index (χ1v) is 11.0. The number of rotatable bonds is 6. The highest BCUT2D eigenvalue weighted by Crippen LogP contribution is 2.45. The van der Waals surface area contributed by atoms with E-state index in [0.717, 1.165) is 54.8 Å². The number of piperidine rings is 1. The van der Waals surface area contributed by atoms with E-state index in [-0.39, 0.29) is 11.7 Å². The maximum absolute atomic E-state index is 12.8. The Labute approximate surface area is 180 Å². The average molecular weight is 416 g/mol. The summed E-state index contributed by atoms with van der Waals surface area (Å²) in [5.41, 5.74) is 9.72. The molecule has 2 aliphatic carbocycles. The Balaban J connectivity index is 1.09. The first-order valence-electron chi connectivity index (χ1n) is 11.0. The van der Waals surface area contributed by atoms with Crippen molar-refractivity contribution in [1.82, 2.24) is 24.7 Å². The normalized spacial score (nSPS) is 23.6. The number of hydrogen-bond donors (Lipinski definition) is 1. The molecule has 1 saturated carbocycles. The largest absolute Gasteiger partial charge is 0.383 e. The summed E-state index contributed by atoms with van der Waals surface area (Å²) in [7, 11) is 0. The van der Waals surface area contributed by atoms with Crippen LogP contribution in [0, 0.1) is 11.8 Å². The second kappa shape index (κ2) is 7.14. The van der Waals surface area contributed by atoms with E-state index in [2.05, 4.69) is 25.0 Å². The maximum Gasteiger partial charge on any atom is 0.166 e. The number of pyridine rings is 1. The molecule has 2 fully saturated rings. The standard InChI is InChI=1S/C23H25N7O/c24-23-20-2-1-14(19(20)3-4-25-23)6-21(31)17-7-28-30(12-17)13-18-8-27-22(9-26-18)29-10-15-5-16(15)11-29/h3-4,7-9,12,14-16H,1-2,5-6,10-11,13H2,(H2,24,25)/t14-,15?,16?/m0/s1. The minimum absolute atomic E-state index is 0.105. The first kappa shape index (κ1) is 18.5. The van der Waals surface area contributed by atoms with Gasteiger partial charge in [0, 0.05) is 31.9 Å². The minimum Gasteiger partial charge on any atom is -0.383 e. The Morgan fingerprint density at radius 3 is 2.81 bits per heavy atom. The van der Waals surface area contributed by atoms with E-state index < -0.39 is 0 Å². The van der Waals surface area contributed by atoms with E-state index in [4.69, 9.17) is 5.73 Å². The predicted molar refractivity (Wildman–Crippen MR) is 116 cm³/mol. The van der Waals surface area contributed by atoms with Crippen LogP contribution in [0.5, 0.6) is 0 Å². The summed E-state index contributed by atoms with van der Waals surface area (Å²) in [4.78, 5) is 28.5. The molecule has 31 heavy (non-hydrogen) atoms. The van der Waals surface area contributed by atoms with Crippen LogP contribution in [0.1, 0.15) is 52.4 Å². The van der Waals surface area contributed by atoms with Crippen molar-refractivity contribution in [3.63, 3.8) is 0 Å².